The summed E-state index contributed by atoms with van der Waals surface area (Å²) in [5.74, 6) is 1.93. The van der Waals surface area contributed by atoms with E-state index >= 15 is 0 Å². The van der Waals surface area contributed by atoms with Crippen LogP contribution in [0.2, 0.25) is 0 Å². The van der Waals surface area contributed by atoms with Gasteiger partial charge in [-0.3, -0.25) is 4.68 Å². The highest BCUT2D eigenvalue weighted by Gasteiger charge is 2.30. The van der Waals surface area contributed by atoms with Gasteiger partial charge in [0.25, 0.3) is 0 Å². The van der Waals surface area contributed by atoms with Crippen molar-refractivity contribution in [2.24, 2.45) is 11.7 Å². The predicted octanol–water partition coefficient (Wildman–Crippen LogP) is 2.85. The Bertz CT molecular complexity index is 655. The molecule has 23 heavy (non-hydrogen) atoms. The number of hydrogen-bond acceptors (Lipinski definition) is 4. The van der Waals surface area contributed by atoms with Crippen LogP contribution in [0, 0.1) is 5.92 Å². The first-order valence-electron chi connectivity index (χ1n) is 8.80. The Morgan fingerprint density at radius 1 is 1.22 bits per heavy atom. The first kappa shape index (κ1) is 14.7. The maximum absolute atomic E-state index is 5.59. The second-order valence-electron chi connectivity index (χ2n) is 6.85. The summed E-state index contributed by atoms with van der Waals surface area (Å²) >= 11 is 0. The van der Waals surface area contributed by atoms with Crippen LogP contribution in [0.15, 0.2) is 30.6 Å². The van der Waals surface area contributed by atoms with Crippen molar-refractivity contribution in [2.45, 2.75) is 38.1 Å². The van der Waals surface area contributed by atoms with E-state index in [1.165, 1.54) is 25.7 Å². The molecule has 0 aromatic carbocycles. The summed E-state index contributed by atoms with van der Waals surface area (Å²) in [6.45, 7) is 3.07. The molecule has 0 unspecified atom stereocenters. The van der Waals surface area contributed by atoms with Crippen molar-refractivity contribution in [2.75, 3.05) is 24.5 Å². The van der Waals surface area contributed by atoms with Gasteiger partial charge in [-0.2, -0.15) is 5.10 Å². The minimum atomic E-state index is 0.560. The Balaban J connectivity index is 1.42. The molecule has 5 nitrogen and oxygen atoms in total. The predicted molar refractivity (Wildman–Crippen MR) is 92.3 cm³/mol. The van der Waals surface area contributed by atoms with Crippen LogP contribution in [-0.2, 0) is 0 Å². The van der Waals surface area contributed by atoms with Crippen molar-refractivity contribution < 1.29 is 0 Å². The molecule has 1 saturated heterocycles. The van der Waals surface area contributed by atoms with Gasteiger partial charge in [-0.1, -0.05) is 6.07 Å². The van der Waals surface area contributed by atoms with Gasteiger partial charge in [0.15, 0.2) is 0 Å². The lowest BCUT2D eigenvalue weighted by molar-refractivity contribution is 0.171. The number of aromatic nitrogens is 3. The number of anilines is 1. The molecule has 2 fully saturated rings. The molecule has 2 N–H and O–H groups in total. The SMILES string of the molecule is NCCC[C@H]1C[C@H](n2cc(-c3cccc(N4CCC4)n3)cn2)C1. The van der Waals surface area contributed by atoms with E-state index in [0.29, 0.717) is 6.04 Å². The molecule has 122 valence electrons. The zero-order valence-corrected chi connectivity index (χ0v) is 13.6. The smallest absolute Gasteiger partial charge is 0.129 e. The fourth-order valence-electron chi connectivity index (χ4n) is 3.53. The van der Waals surface area contributed by atoms with Crippen LogP contribution in [0.3, 0.4) is 0 Å². The highest BCUT2D eigenvalue weighted by Crippen LogP contribution is 2.40. The Morgan fingerprint density at radius 3 is 2.83 bits per heavy atom. The van der Waals surface area contributed by atoms with Gasteiger partial charge >= 0.3 is 0 Å². The summed E-state index contributed by atoms with van der Waals surface area (Å²) in [7, 11) is 0. The Labute approximate surface area is 137 Å². The van der Waals surface area contributed by atoms with Gasteiger partial charge in [0, 0.05) is 24.8 Å². The van der Waals surface area contributed by atoms with Crippen LogP contribution in [0.1, 0.15) is 38.1 Å². The average Bonchev–Trinajstić information content (AvgIpc) is 2.94. The molecule has 2 aromatic rings. The van der Waals surface area contributed by atoms with Crippen molar-refractivity contribution >= 4 is 5.82 Å². The number of rotatable bonds is 6. The molecule has 0 amide bonds. The van der Waals surface area contributed by atoms with E-state index in [2.05, 4.69) is 39.1 Å². The lowest BCUT2D eigenvalue weighted by atomic mass is 9.77. The van der Waals surface area contributed by atoms with Crippen LogP contribution in [0.4, 0.5) is 5.82 Å². The third kappa shape index (κ3) is 2.98. The quantitative estimate of drug-likeness (QED) is 0.891. The summed E-state index contributed by atoms with van der Waals surface area (Å²) in [4.78, 5) is 7.12. The maximum atomic E-state index is 5.59. The third-order valence-corrected chi connectivity index (χ3v) is 5.21. The van der Waals surface area contributed by atoms with E-state index in [0.717, 1.165) is 49.0 Å². The molecule has 2 aliphatic rings. The molecule has 4 rings (SSSR count). The molecule has 3 heterocycles. The second-order valence-corrected chi connectivity index (χ2v) is 6.85. The van der Waals surface area contributed by atoms with Crippen LogP contribution < -0.4 is 10.6 Å². The molecule has 1 saturated carbocycles. The monoisotopic (exact) mass is 311 g/mol. The highest BCUT2D eigenvalue weighted by atomic mass is 15.3. The summed E-state index contributed by atoms with van der Waals surface area (Å²) in [6.07, 6.45) is 10.3. The number of pyridine rings is 1. The highest BCUT2D eigenvalue weighted by molar-refractivity contribution is 5.60. The summed E-state index contributed by atoms with van der Waals surface area (Å²) < 4.78 is 2.13. The minimum absolute atomic E-state index is 0.560. The summed E-state index contributed by atoms with van der Waals surface area (Å²) in [6, 6.07) is 6.83. The molecular formula is C18H25N5. The average molecular weight is 311 g/mol. The Kier molecular flexibility index (Phi) is 4.04. The van der Waals surface area contributed by atoms with Crippen molar-refractivity contribution in [3.8, 4) is 11.3 Å². The fourth-order valence-corrected chi connectivity index (χ4v) is 3.53. The van der Waals surface area contributed by atoms with E-state index in [-0.39, 0.29) is 0 Å². The molecule has 0 bridgehead atoms. The van der Waals surface area contributed by atoms with Gasteiger partial charge < -0.3 is 10.6 Å². The van der Waals surface area contributed by atoms with Crippen LogP contribution >= 0.6 is 0 Å². The van der Waals surface area contributed by atoms with Gasteiger partial charge in [0.2, 0.25) is 0 Å². The van der Waals surface area contributed by atoms with E-state index in [1.807, 2.05) is 6.20 Å². The largest absolute Gasteiger partial charge is 0.356 e. The summed E-state index contributed by atoms with van der Waals surface area (Å²) in [5.41, 5.74) is 7.74. The van der Waals surface area contributed by atoms with Crippen molar-refractivity contribution in [3.63, 3.8) is 0 Å². The number of nitrogens with zero attached hydrogens (tertiary/aromatic N) is 4. The van der Waals surface area contributed by atoms with Crippen molar-refractivity contribution in [1.82, 2.24) is 14.8 Å². The molecule has 0 radical (unpaired) electrons. The maximum Gasteiger partial charge on any atom is 0.129 e. The van der Waals surface area contributed by atoms with Gasteiger partial charge in [0.05, 0.1) is 17.9 Å². The first-order chi connectivity index (χ1) is 11.3. The van der Waals surface area contributed by atoms with E-state index in [1.54, 1.807) is 0 Å². The van der Waals surface area contributed by atoms with E-state index in [4.69, 9.17) is 10.7 Å². The number of hydrogen-bond donors (Lipinski definition) is 1. The zero-order valence-electron chi connectivity index (χ0n) is 13.6. The van der Waals surface area contributed by atoms with Gasteiger partial charge in [0.1, 0.15) is 5.82 Å². The fraction of sp³-hybridized carbons (Fsp3) is 0.556. The van der Waals surface area contributed by atoms with Crippen LogP contribution in [0.5, 0.6) is 0 Å². The molecule has 5 heteroatoms. The molecule has 1 aliphatic heterocycles. The first-order valence-corrected chi connectivity index (χ1v) is 8.80. The topological polar surface area (TPSA) is 60.0 Å². The molecular weight excluding hydrogens is 286 g/mol. The van der Waals surface area contributed by atoms with E-state index in [9.17, 15) is 0 Å². The Morgan fingerprint density at radius 2 is 2.09 bits per heavy atom. The lowest BCUT2D eigenvalue weighted by Crippen LogP contribution is -2.37. The number of nitrogens with two attached hydrogens (primary N) is 1. The van der Waals surface area contributed by atoms with E-state index < -0.39 is 0 Å². The van der Waals surface area contributed by atoms with Crippen LogP contribution in [0.25, 0.3) is 11.3 Å². The zero-order chi connectivity index (χ0) is 15.6. The van der Waals surface area contributed by atoms with Crippen molar-refractivity contribution in [3.05, 3.63) is 30.6 Å². The van der Waals surface area contributed by atoms with Crippen molar-refractivity contribution in [1.29, 1.82) is 0 Å². The minimum Gasteiger partial charge on any atom is -0.356 e. The molecule has 1 aliphatic carbocycles. The second kappa shape index (κ2) is 6.32. The van der Waals surface area contributed by atoms with Gasteiger partial charge in [-0.15, -0.1) is 0 Å². The van der Waals surface area contributed by atoms with Crippen LogP contribution in [-0.4, -0.2) is 34.4 Å². The molecule has 0 spiro atoms. The van der Waals surface area contributed by atoms with Gasteiger partial charge in [-0.25, -0.2) is 4.98 Å². The lowest BCUT2D eigenvalue weighted by Gasteiger charge is -2.35. The normalized spacial score (nSPS) is 23.4. The van der Waals surface area contributed by atoms with Gasteiger partial charge in [-0.05, 0) is 56.7 Å². The standard InChI is InChI=1S/C18H25N5/c19-7-2-4-14-10-16(11-14)23-13-15(12-20-23)17-5-1-6-18(21-17)22-8-3-9-22/h1,5-6,12-14,16H,2-4,7-11,19H2/t14-,16-. The Hall–Kier alpha value is -1.88. The molecule has 2 aromatic heterocycles. The summed E-state index contributed by atoms with van der Waals surface area (Å²) in [5, 5.41) is 4.58. The third-order valence-electron chi connectivity index (χ3n) is 5.21. The molecule has 0 atom stereocenters.